The molecule has 0 aliphatic heterocycles. The minimum Gasteiger partial charge on any atom is -0.466 e. The SMILES string of the molecule is CCCCCCCCC(CCCCCCCCC(=O)OCCCCCCCCCCOC(=O)CCCCCCCCC(CCCCCC)OC(=O)CC)OC(=O)CC. The van der Waals surface area contributed by atoms with Gasteiger partial charge in [0.2, 0.25) is 0 Å². The second-order valence-electron chi connectivity index (χ2n) is 16.9. The maximum atomic E-state index is 12.1. The molecule has 8 heteroatoms. The van der Waals surface area contributed by atoms with Gasteiger partial charge in [0.05, 0.1) is 13.2 Å². The first-order chi connectivity index (χ1) is 28.4. The number of carbonyl (C=O) groups is 4. The zero-order chi connectivity index (χ0) is 42.6. The highest BCUT2D eigenvalue weighted by molar-refractivity contribution is 5.70. The van der Waals surface area contributed by atoms with Crippen molar-refractivity contribution in [2.75, 3.05) is 13.2 Å². The first kappa shape index (κ1) is 55.9. The van der Waals surface area contributed by atoms with Gasteiger partial charge in [0, 0.05) is 25.7 Å². The summed E-state index contributed by atoms with van der Waals surface area (Å²) in [5.74, 6) is -0.276. The van der Waals surface area contributed by atoms with Crippen LogP contribution in [-0.2, 0) is 38.1 Å². The van der Waals surface area contributed by atoms with Crippen LogP contribution >= 0.6 is 0 Å². The molecule has 0 saturated carbocycles. The molecule has 0 radical (unpaired) electrons. The quantitative estimate of drug-likeness (QED) is 0.0340. The summed E-state index contributed by atoms with van der Waals surface area (Å²) in [5, 5.41) is 0. The molecule has 8 nitrogen and oxygen atoms in total. The number of hydrogen-bond acceptors (Lipinski definition) is 8. The third kappa shape index (κ3) is 40.7. The predicted molar refractivity (Wildman–Crippen MR) is 240 cm³/mol. The molecule has 0 bridgehead atoms. The Morgan fingerprint density at radius 1 is 0.310 bits per heavy atom. The van der Waals surface area contributed by atoms with Gasteiger partial charge < -0.3 is 18.9 Å². The van der Waals surface area contributed by atoms with Gasteiger partial charge in [-0.25, -0.2) is 0 Å². The Kier molecular flexibility index (Phi) is 42.8. The molecule has 0 N–H and O–H groups in total. The lowest BCUT2D eigenvalue weighted by Gasteiger charge is -2.17. The average Bonchev–Trinajstić information content (AvgIpc) is 3.22. The molecule has 2 atom stereocenters. The number of carbonyl (C=O) groups excluding carboxylic acids is 4. The summed E-state index contributed by atoms with van der Waals surface area (Å²) >= 11 is 0. The van der Waals surface area contributed by atoms with Crippen molar-refractivity contribution in [3.63, 3.8) is 0 Å². The van der Waals surface area contributed by atoms with Crippen molar-refractivity contribution in [3.8, 4) is 0 Å². The van der Waals surface area contributed by atoms with Crippen molar-refractivity contribution >= 4 is 23.9 Å². The summed E-state index contributed by atoms with van der Waals surface area (Å²) in [6, 6.07) is 0. The van der Waals surface area contributed by atoms with Crippen LogP contribution in [0.15, 0.2) is 0 Å². The minimum absolute atomic E-state index is 0.0616. The summed E-state index contributed by atoms with van der Waals surface area (Å²) < 4.78 is 22.3. The van der Waals surface area contributed by atoms with Crippen LogP contribution in [0.5, 0.6) is 0 Å². The molecule has 0 aromatic heterocycles. The van der Waals surface area contributed by atoms with E-state index in [1.807, 2.05) is 13.8 Å². The monoisotopic (exact) mass is 823 g/mol. The van der Waals surface area contributed by atoms with Crippen LogP contribution in [0.1, 0.15) is 272 Å². The van der Waals surface area contributed by atoms with Crippen molar-refractivity contribution in [2.24, 2.45) is 0 Å². The van der Waals surface area contributed by atoms with Gasteiger partial charge in [-0.2, -0.15) is 0 Å². The second kappa shape index (κ2) is 44.4. The fourth-order valence-electron chi connectivity index (χ4n) is 7.49. The Bertz CT molecular complexity index is 937. The highest BCUT2D eigenvalue weighted by Gasteiger charge is 2.14. The van der Waals surface area contributed by atoms with E-state index in [1.54, 1.807) is 0 Å². The van der Waals surface area contributed by atoms with Crippen LogP contribution in [-0.4, -0.2) is 49.3 Å². The van der Waals surface area contributed by atoms with Gasteiger partial charge in [0.1, 0.15) is 12.2 Å². The van der Waals surface area contributed by atoms with Crippen LogP contribution in [0.25, 0.3) is 0 Å². The van der Waals surface area contributed by atoms with Crippen molar-refractivity contribution < 1.29 is 38.1 Å². The van der Waals surface area contributed by atoms with E-state index in [0.29, 0.717) is 38.9 Å². The fraction of sp³-hybridized carbons (Fsp3) is 0.920. The third-order valence-electron chi connectivity index (χ3n) is 11.3. The molecule has 0 aromatic carbocycles. The van der Waals surface area contributed by atoms with Crippen LogP contribution in [0, 0.1) is 0 Å². The standard InChI is InChI=1S/C50H94O8/c1-5-9-11-13-22-30-38-46(58-48(52)8-4)40-32-24-17-19-26-34-42-50(54)56-44-36-28-21-15-14-20-27-35-43-55-49(53)41-33-25-18-16-23-31-39-45(57-47(51)7-3)37-29-12-10-6-2/h45-46H,5-44H2,1-4H3. The molecule has 0 saturated heterocycles. The molecule has 0 rings (SSSR count). The maximum absolute atomic E-state index is 12.1. The molecule has 342 valence electrons. The Balaban J connectivity index is 3.58. The molecule has 58 heavy (non-hydrogen) atoms. The van der Waals surface area contributed by atoms with Gasteiger partial charge >= 0.3 is 23.9 Å². The van der Waals surface area contributed by atoms with Gasteiger partial charge in [-0.05, 0) is 77.0 Å². The van der Waals surface area contributed by atoms with E-state index < -0.39 is 0 Å². The van der Waals surface area contributed by atoms with E-state index in [9.17, 15) is 19.2 Å². The minimum atomic E-state index is -0.0782. The first-order valence-electron chi connectivity index (χ1n) is 25.1. The van der Waals surface area contributed by atoms with E-state index in [4.69, 9.17) is 18.9 Å². The molecule has 2 unspecified atom stereocenters. The van der Waals surface area contributed by atoms with Gasteiger partial charge in [-0.3, -0.25) is 19.2 Å². The lowest BCUT2D eigenvalue weighted by molar-refractivity contribution is -0.150. The van der Waals surface area contributed by atoms with Crippen LogP contribution < -0.4 is 0 Å². The lowest BCUT2D eigenvalue weighted by atomic mass is 10.0. The predicted octanol–water partition coefficient (Wildman–Crippen LogP) is 14.8. The number of hydrogen-bond donors (Lipinski definition) is 0. The second-order valence-corrected chi connectivity index (χ2v) is 16.9. The molecule has 0 aliphatic carbocycles. The molecular formula is C50H94O8. The number of rotatable bonds is 45. The number of ether oxygens (including phenoxy) is 4. The largest absolute Gasteiger partial charge is 0.466 e. The van der Waals surface area contributed by atoms with E-state index in [-0.39, 0.29) is 36.1 Å². The Morgan fingerprint density at radius 2 is 0.569 bits per heavy atom. The number of esters is 4. The van der Waals surface area contributed by atoms with E-state index >= 15 is 0 Å². The summed E-state index contributed by atoms with van der Waals surface area (Å²) in [7, 11) is 0. The highest BCUT2D eigenvalue weighted by atomic mass is 16.5. The van der Waals surface area contributed by atoms with Gasteiger partial charge in [0.15, 0.2) is 0 Å². The Morgan fingerprint density at radius 3 is 0.879 bits per heavy atom. The smallest absolute Gasteiger partial charge is 0.305 e. The van der Waals surface area contributed by atoms with Crippen LogP contribution in [0.3, 0.4) is 0 Å². The first-order valence-corrected chi connectivity index (χ1v) is 25.1. The maximum Gasteiger partial charge on any atom is 0.305 e. The molecule has 0 amide bonds. The van der Waals surface area contributed by atoms with Crippen LogP contribution in [0.4, 0.5) is 0 Å². The van der Waals surface area contributed by atoms with Crippen molar-refractivity contribution in [1.82, 2.24) is 0 Å². The normalized spacial score (nSPS) is 12.3. The Hall–Kier alpha value is -2.12. The molecule has 0 aromatic rings. The lowest BCUT2D eigenvalue weighted by Crippen LogP contribution is -2.17. The average molecular weight is 823 g/mol. The zero-order valence-corrected chi connectivity index (χ0v) is 38.7. The fourth-order valence-corrected chi connectivity index (χ4v) is 7.49. The highest BCUT2D eigenvalue weighted by Crippen LogP contribution is 2.19. The molecule has 0 fully saturated rings. The van der Waals surface area contributed by atoms with E-state index in [0.717, 1.165) is 135 Å². The van der Waals surface area contributed by atoms with Crippen molar-refractivity contribution in [3.05, 3.63) is 0 Å². The number of unbranched alkanes of at least 4 members (excludes halogenated alkanes) is 25. The van der Waals surface area contributed by atoms with E-state index in [2.05, 4.69) is 13.8 Å². The Labute approximate surface area is 358 Å². The van der Waals surface area contributed by atoms with E-state index in [1.165, 1.54) is 83.5 Å². The van der Waals surface area contributed by atoms with Crippen molar-refractivity contribution in [1.29, 1.82) is 0 Å². The van der Waals surface area contributed by atoms with Gasteiger partial charge in [0.25, 0.3) is 0 Å². The summed E-state index contributed by atoms with van der Waals surface area (Å²) in [6.07, 6.45) is 40.2. The topological polar surface area (TPSA) is 105 Å². The summed E-state index contributed by atoms with van der Waals surface area (Å²) in [5.41, 5.74) is 0. The van der Waals surface area contributed by atoms with Gasteiger partial charge in [-0.15, -0.1) is 0 Å². The van der Waals surface area contributed by atoms with Crippen LogP contribution in [0.2, 0.25) is 0 Å². The zero-order valence-electron chi connectivity index (χ0n) is 38.7. The van der Waals surface area contributed by atoms with Crippen molar-refractivity contribution in [2.45, 2.75) is 284 Å². The third-order valence-corrected chi connectivity index (χ3v) is 11.3. The molecule has 0 heterocycles. The summed E-state index contributed by atoms with van der Waals surface area (Å²) in [6.45, 7) is 9.25. The molecule has 0 spiro atoms. The molecular weight excluding hydrogens is 729 g/mol. The molecule has 0 aliphatic rings. The van der Waals surface area contributed by atoms with Gasteiger partial charge in [-0.1, -0.05) is 169 Å². The summed E-state index contributed by atoms with van der Waals surface area (Å²) in [4.78, 5) is 47.8.